The summed E-state index contributed by atoms with van der Waals surface area (Å²) >= 11 is 0. The SMILES string of the molecule is CCOc1ccc(CN2CCN(N3CCCC3)C(=O)C2(CC)c2ccccc2)cc1. The highest BCUT2D eigenvalue weighted by atomic mass is 16.5. The van der Waals surface area contributed by atoms with Gasteiger partial charge in [-0.25, -0.2) is 5.01 Å². The third-order valence-corrected chi connectivity index (χ3v) is 6.50. The highest BCUT2D eigenvalue weighted by Gasteiger charge is 2.50. The predicted molar refractivity (Wildman–Crippen MR) is 119 cm³/mol. The molecule has 5 heteroatoms. The van der Waals surface area contributed by atoms with Gasteiger partial charge in [0, 0.05) is 26.2 Å². The monoisotopic (exact) mass is 407 g/mol. The fraction of sp³-hybridized carbons (Fsp3) is 0.480. The van der Waals surface area contributed by atoms with E-state index in [4.69, 9.17) is 4.74 Å². The molecule has 0 aromatic heterocycles. The van der Waals surface area contributed by atoms with Crippen LogP contribution >= 0.6 is 0 Å². The second-order valence-corrected chi connectivity index (χ2v) is 8.17. The van der Waals surface area contributed by atoms with Gasteiger partial charge in [0.25, 0.3) is 5.91 Å². The van der Waals surface area contributed by atoms with Gasteiger partial charge < -0.3 is 4.74 Å². The summed E-state index contributed by atoms with van der Waals surface area (Å²) in [6, 6.07) is 18.6. The van der Waals surface area contributed by atoms with E-state index in [-0.39, 0.29) is 5.91 Å². The molecule has 0 aliphatic carbocycles. The Hall–Kier alpha value is -2.37. The Labute approximate surface area is 180 Å². The van der Waals surface area contributed by atoms with E-state index in [1.807, 2.05) is 42.3 Å². The van der Waals surface area contributed by atoms with Crippen LogP contribution in [0.3, 0.4) is 0 Å². The maximum absolute atomic E-state index is 14.0. The lowest BCUT2D eigenvalue weighted by atomic mass is 9.82. The van der Waals surface area contributed by atoms with Crippen molar-refractivity contribution in [3.05, 3.63) is 65.7 Å². The van der Waals surface area contributed by atoms with E-state index < -0.39 is 5.54 Å². The number of hydrogen-bond acceptors (Lipinski definition) is 4. The van der Waals surface area contributed by atoms with Crippen LogP contribution in [0.1, 0.15) is 44.2 Å². The maximum atomic E-state index is 14.0. The van der Waals surface area contributed by atoms with Gasteiger partial charge in [-0.15, -0.1) is 0 Å². The van der Waals surface area contributed by atoms with E-state index in [0.29, 0.717) is 6.61 Å². The lowest BCUT2D eigenvalue weighted by Crippen LogP contribution is -2.66. The Morgan fingerprint density at radius 3 is 2.23 bits per heavy atom. The molecule has 0 saturated carbocycles. The van der Waals surface area contributed by atoms with Crippen molar-refractivity contribution in [2.24, 2.45) is 0 Å². The minimum Gasteiger partial charge on any atom is -0.494 e. The van der Waals surface area contributed by atoms with Crippen molar-refractivity contribution in [3.8, 4) is 5.75 Å². The molecule has 2 aliphatic heterocycles. The summed E-state index contributed by atoms with van der Waals surface area (Å²) in [5, 5.41) is 4.31. The number of rotatable bonds is 7. The molecule has 2 heterocycles. The summed E-state index contributed by atoms with van der Waals surface area (Å²) in [6.07, 6.45) is 3.09. The van der Waals surface area contributed by atoms with Crippen molar-refractivity contribution in [2.45, 2.75) is 45.2 Å². The highest BCUT2D eigenvalue weighted by Crippen LogP contribution is 2.39. The van der Waals surface area contributed by atoms with Crippen LogP contribution in [0.5, 0.6) is 5.75 Å². The van der Waals surface area contributed by atoms with Gasteiger partial charge in [0.2, 0.25) is 0 Å². The van der Waals surface area contributed by atoms with Crippen LogP contribution in [-0.2, 0) is 16.9 Å². The molecule has 2 fully saturated rings. The molecule has 0 radical (unpaired) electrons. The fourth-order valence-corrected chi connectivity index (χ4v) is 4.96. The average molecular weight is 408 g/mol. The fourth-order valence-electron chi connectivity index (χ4n) is 4.96. The third-order valence-electron chi connectivity index (χ3n) is 6.50. The maximum Gasteiger partial charge on any atom is 0.262 e. The predicted octanol–water partition coefficient (Wildman–Crippen LogP) is 4.05. The number of hydrazine groups is 1. The molecule has 2 saturated heterocycles. The zero-order valence-corrected chi connectivity index (χ0v) is 18.2. The van der Waals surface area contributed by atoms with Crippen molar-refractivity contribution in [1.82, 2.24) is 14.9 Å². The molecule has 2 aromatic rings. The average Bonchev–Trinajstić information content (AvgIpc) is 3.31. The van der Waals surface area contributed by atoms with Gasteiger partial charge in [-0.2, -0.15) is 0 Å². The van der Waals surface area contributed by atoms with E-state index in [2.05, 4.69) is 41.1 Å². The van der Waals surface area contributed by atoms with Gasteiger partial charge >= 0.3 is 0 Å². The number of carbonyl (C=O) groups is 1. The zero-order chi connectivity index (χ0) is 21.0. The van der Waals surface area contributed by atoms with Gasteiger partial charge in [0.15, 0.2) is 0 Å². The number of carbonyl (C=O) groups excluding carboxylic acids is 1. The van der Waals surface area contributed by atoms with Crippen molar-refractivity contribution in [2.75, 3.05) is 32.8 Å². The normalized spacial score (nSPS) is 23.1. The van der Waals surface area contributed by atoms with Gasteiger partial charge in [-0.1, -0.05) is 49.4 Å². The second kappa shape index (κ2) is 9.19. The second-order valence-electron chi connectivity index (χ2n) is 8.17. The van der Waals surface area contributed by atoms with Crippen molar-refractivity contribution in [3.63, 3.8) is 0 Å². The molecule has 1 unspecified atom stereocenters. The van der Waals surface area contributed by atoms with Gasteiger partial charge in [0.05, 0.1) is 13.2 Å². The topological polar surface area (TPSA) is 36.0 Å². The molecule has 2 aliphatic rings. The molecule has 1 amide bonds. The van der Waals surface area contributed by atoms with Crippen molar-refractivity contribution >= 4 is 5.91 Å². The molecule has 2 aromatic carbocycles. The quantitative estimate of drug-likeness (QED) is 0.694. The lowest BCUT2D eigenvalue weighted by Gasteiger charge is -2.51. The summed E-state index contributed by atoms with van der Waals surface area (Å²) in [6.45, 7) is 9.13. The first-order valence-electron chi connectivity index (χ1n) is 11.3. The molecule has 4 rings (SSSR count). The molecule has 0 N–H and O–H groups in total. The summed E-state index contributed by atoms with van der Waals surface area (Å²) < 4.78 is 5.59. The third kappa shape index (κ3) is 3.84. The molecule has 30 heavy (non-hydrogen) atoms. The smallest absolute Gasteiger partial charge is 0.262 e. The summed E-state index contributed by atoms with van der Waals surface area (Å²) in [5.41, 5.74) is 1.66. The number of nitrogens with zero attached hydrogens (tertiary/aromatic N) is 3. The standard InChI is InChI=1S/C25H33N3O2/c1-3-25(22-10-6-5-7-11-22)24(29)28(27-16-8-9-17-27)19-18-26(25)20-21-12-14-23(15-13-21)30-4-2/h5-7,10-15H,3-4,8-9,16-20H2,1-2H3. The number of amides is 1. The summed E-state index contributed by atoms with van der Waals surface area (Å²) in [4.78, 5) is 16.4. The Kier molecular flexibility index (Phi) is 6.40. The molecular weight excluding hydrogens is 374 g/mol. The Morgan fingerprint density at radius 1 is 0.900 bits per heavy atom. The first kappa shape index (κ1) is 20.9. The number of hydrogen-bond donors (Lipinski definition) is 0. The van der Waals surface area contributed by atoms with Gasteiger partial charge in [0.1, 0.15) is 11.3 Å². The largest absolute Gasteiger partial charge is 0.494 e. The Morgan fingerprint density at radius 2 is 1.60 bits per heavy atom. The van der Waals surface area contributed by atoms with E-state index in [1.165, 1.54) is 18.4 Å². The molecular formula is C25H33N3O2. The van der Waals surface area contributed by atoms with Crippen LogP contribution in [0.4, 0.5) is 0 Å². The van der Waals surface area contributed by atoms with Crippen LogP contribution in [0.15, 0.2) is 54.6 Å². The van der Waals surface area contributed by atoms with Crippen LogP contribution in [-0.4, -0.2) is 53.6 Å². The van der Waals surface area contributed by atoms with Crippen molar-refractivity contribution < 1.29 is 9.53 Å². The van der Waals surface area contributed by atoms with E-state index in [1.54, 1.807) is 0 Å². The molecule has 160 valence electrons. The molecule has 5 nitrogen and oxygen atoms in total. The zero-order valence-electron chi connectivity index (χ0n) is 18.2. The lowest BCUT2D eigenvalue weighted by molar-refractivity contribution is -0.174. The molecule has 0 bridgehead atoms. The molecule has 1 atom stereocenters. The number of benzene rings is 2. The summed E-state index contributed by atoms with van der Waals surface area (Å²) in [7, 11) is 0. The van der Waals surface area contributed by atoms with Crippen LogP contribution in [0.2, 0.25) is 0 Å². The highest BCUT2D eigenvalue weighted by molar-refractivity contribution is 5.88. The molecule has 0 spiro atoms. The minimum absolute atomic E-state index is 0.218. The van der Waals surface area contributed by atoms with Gasteiger partial charge in [-0.3, -0.25) is 14.7 Å². The Balaban J connectivity index is 1.66. The number of piperazine rings is 1. The first-order valence-corrected chi connectivity index (χ1v) is 11.3. The van der Waals surface area contributed by atoms with E-state index in [0.717, 1.165) is 50.5 Å². The van der Waals surface area contributed by atoms with Gasteiger partial charge in [-0.05, 0) is 49.4 Å². The van der Waals surface area contributed by atoms with E-state index in [9.17, 15) is 4.79 Å². The van der Waals surface area contributed by atoms with Crippen LogP contribution in [0.25, 0.3) is 0 Å². The minimum atomic E-state index is -0.638. The number of ether oxygens (including phenoxy) is 1. The van der Waals surface area contributed by atoms with Crippen LogP contribution < -0.4 is 4.74 Å². The first-order chi connectivity index (χ1) is 14.7. The summed E-state index contributed by atoms with van der Waals surface area (Å²) in [5.74, 6) is 1.11. The van der Waals surface area contributed by atoms with Crippen molar-refractivity contribution in [1.29, 1.82) is 0 Å². The van der Waals surface area contributed by atoms with E-state index >= 15 is 0 Å². The Bertz CT molecular complexity index is 833. The van der Waals surface area contributed by atoms with Crippen LogP contribution in [0, 0.1) is 0 Å².